The average Bonchev–Trinajstić information content (AvgIpc) is 2.65. The fraction of sp³-hybridized carbons (Fsp3) is 0.500. The lowest BCUT2D eigenvalue weighted by Crippen LogP contribution is -2.38. The van der Waals surface area contributed by atoms with Gasteiger partial charge < -0.3 is 10.1 Å². The number of hydrogen-bond acceptors (Lipinski definition) is 2. The van der Waals surface area contributed by atoms with Crippen molar-refractivity contribution in [1.82, 2.24) is 5.32 Å². The van der Waals surface area contributed by atoms with Gasteiger partial charge in [-0.1, -0.05) is 54.1 Å². The van der Waals surface area contributed by atoms with Crippen LogP contribution in [0.2, 0.25) is 5.02 Å². The fourth-order valence-electron chi connectivity index (χ4n) is 4.23. The van der Waals surface area contributed by atoms with E-state index in [0.29, 0.717) is 5.92 Å². The summed E-state index contributed by atoms with van der Waals surface area (Å²) in [5, 5.41) is 4.42. The summed E-state index contributed by atoms with van der Waals surface area (Å²) in [6, 6.07) is 19.0. The lowest BCUT2D eigenvalue weighted by atomic mass is 9.75. The Kier molecular flexibility index (Phi) is 7.34. The lowest BCUT2D eigenvalue weighted by Gasteiger charge is -2.39. The van der Waals surface area contributed by atoms with E-state index < -0.39 is 0 Å². The monoisotopic (exact) mass is 385 g/mol. The van der Waals surface area contributed by atoms with Gasteiger partial charge in [0.15, 0.2) is 0 Å². The highest BCUT2D eigenvalue weighted by atomic mass is 35.5. The molecule has 2 aromatic carbocycles. The fourth-order valence-corrected chi connectivity index (χ4v) is 4.35. The molecule has 0 saturated carbocycles. The van der Waals surface area contributed by atoms with Gasteiger partial charge in [0.2, 0.25) is 0 Å². The average molecular weight is 386 g/mol. The first-order valence-corrected chi connectivity index (χ1v) is 10.5. The third kappa shape index (κ3) is 6.64. The van der Waals surface area contributed by atoms with Gasteiger partial charge in [0, 0.05) is 18.2 Å². The minimum atomic E-state index is 0.00852. The molecule has 0 aliphatic carbocycles. The Morgan fingerprint density at radius 3 is 2.52 bits per heavy atom. The van der Waals surface area contributed by atoms with Crippen LogP contribution in [-0.2, 0) is 17.7 Å². The van der Waals surface area contributed by atoms with Gasteiger partial charge in [-0.25, -0.2) is 0 Å². The van der Waals surface area contributed by atoms with E-state index in [2.05, 4.69) is 61.6 Å². The summed E-state index contributed by atoms with van der Waals surface area (Å²) in [4.78, 5) is 0. The lowest BCUT2D eigenvalue weighted by molar-refractivity contribution is -0.0830. The minimum absolute atomic E-state index is 0.00852. The van der Waals surface area contributed by atoms with Gasteiger partial charge in [-0.3, -0.25) is 0 Å². The van der Waals surface area contributed by atoms with Crippen molar-refractivity contribution in [2.75, 3.05) is 13.2 Å². The first-order chi connectivity index (χ1) is 13.0. The molecule has 0 aromatic heterocycles. The van der Waals surface area contributed by atoms with E-state index in [-0.39, 0.29) is 5.60 Å². The molecule has 2 atom stereocenters. The van der Waals surface area contributed by atoms with Crippen molar-refractivity contribution in [3.63, 3.8) is 0 Å². The normalized spacial score (nSPS) is 20.3. The summed E-state index contributed by atoms with van der Waals surface area (Å²) >= 11 is 5.97. The van der Waals surface area contributed by atoms with Gasteiger partial charge in [0.25, 0.3) is 0 Å². The van der Waals surface area contributed by atoms with Crippen LogP contribution in [0.25, 0.3) is 0 Å². The van der Waals surface area contributed by atoms with Gasteiger partial charge in [0.1, 0.15) is 0 Å². The van der Waals surface area contributed by atoms with Crippen molar-refractivity contribution < 1.29 is 4.74 Å². The summed E-state index contributed by atoms with van der Waals surface area (Å²) in [6.45, 7) is 7.29. The summed E-state index contributed by atoms with van der Waals surface area (Å²) in [6.07, 6.45) is 4.69. The molecule has 0 amide bonds. The van der Waals surface area contributed by atoms with Crippen LogP contribution in [0.5, 0.6) is 0 Å². The van der Waals surface area contributed by atoms with Crippen LogP contribution < -0.4 is 5.32 Å². The molecule has 1 N–H and O–H groups in total. The van der Waals surface area contributed by atoms with Crippen molar-refractivity contribution >= 4 is 11.6 Å². The molecular weight excluding hydrogens is 354 g/mol. The first-order valence-electron chi connectivity index (χ1n) is 10.1. The number of hydrogen-bond donors (Lipinski definition) is 1. The summed E-state index contributed by atoms with van der Waals surface area (Å²) in [7, 11) is 0. The van der Waals surface area contributed by atoms with Crippen LogP contribution in [0.15, 0.2) is 54.6 Å². The van der Waals surface area contributed by atoms with E-state index in [4.69, 9.17) is 16.3 Å². The van der Waals surface area contributed by atoms with Crippen LogP contribution in [0, 0.1) is 11.8 Å². The second-order valence-electron chi connectivity index (χ2n) is 8.40. The van der Waals surface area contributed by atoms with Crippen LogP contribution in [0.1, 0.15) is 44.2 Å². The Bertz CT molecular complexity index is 683. The number of ether oxygens (including phenoxy) is 1. The Balaban J connectivity index is 1.56. The molecule has 2 unspecified atom stereocenters. The van der Waals surface area contributed by atoms with Crippen LogP contribution in [-0.4, -0.2) is 18.8 Å². The van der Waals surface area contributed by atoms with Crippen molar-refractivity contribution in [2.24, 2.45) is 11.8 Å². The molecule has 2 aromatic rings. The molecule has 1 fully saturated rings. The molecule has 0 spiro atoms. The molecule has 0 radical (unpaired) electrons. The van der Waals surface area contributed by atoms with E-state index in [1.54, 1.807) is 0 Å². The number of rotatable bonds is 8. The zero-order chi connectivity index (χ0) is 19.1. The van der Waals surface area contributed by atoms with Gasteiger partial charge in [0.05, 0.1) is 5.60 Å². The van der Waals surface area contributed by atoms with Crippen LogP contribution >= 0.6 is 11.6 Å². The van der Waals surface area contributed by atoms with E-state index >= 15 is 0 Å². The second-order valence-corrected chi connectivity index (χ2v) is 8.84. The predicted octanol–water partition coefficient (Wildman–Crippen LogP) is 5.88. The molecule has 1 saturated heterocycles. The Hall–Kier alpha value is -1.35. The van der Waals surface area contributed by atoms with Gasteiger partial charge >= 0.3 is 0 Å². The zero-order valence-corrected chi connectivity index (χ0v) is 17.3. The quantitative estimate of drug-likeness (QED) is 0.572. The summed E-state index contributed by atoms with van der Waals surface area (Å²) in [5.41, 5.74) is 2.74. The molecule has 3 rings (SSSR count). The van der Waals surface area contributed by atoms with Crippen LogP contribution in [0.4, 0.5) is 0 Å². The topological polar surface area (TPSA) is 21.3 Å². The highest BCUT2D eigenvalue weighted by Crippen LogP contribution is 2.36. The maximum absolute atomic E-state index is 5.97. The van der Waals surface area contributed by atoms with Gasteiger partial charge in [-0.15, -0.1) is 0 Å². The largest absolute Gasteiger partial charge is 0.376 e. The summed E-state index contributed by atoms with van der Waals surface area (Å²) in [5.74, 6) is 1.42. The molecule has 1 aliphatic rings. The Morgan fingerprint density at radius 1 is 1.07 bits per heavy atom. The molecule has 1 aliphatic heterocycles. The number of benzene rings is 2. The van der Waals surface area contributed by atoms with Crippen LogP contribution in [0.3, 0.4) is 0 Å². The van der Waals surface area contributed by atoms with Crippen molar-refractivity contribution in [3.05, 3.63) is 70.7 Å². The molecule has 2 nitrogen and oxygen atoms in total. The molecule has 27 heavy (non-hydrogen) atoms. The van der Waals surface area contributed by atoms with E-state index in [0.717, 1.165) is 43.5 Å². The molecule has 3 heteroatoms. The minimum Gasteiger partial charge on any atom is -0.376 e. The van der Waals surface area contributed by atoms with E-state index in [1.165, 1.54) is 24.0 Å². The maximum Gasteiger partial charge on any atom is 0.0629 e. The summed E-state index contributed by atoms with van der Waals surface area (Å²) < 4.78 is 5.96. The predicted molar refractivity (Wildman–Crippen MR) is 114 cm³/mol. The second kappa shape index (κ2) is 9.73. The zero-order valence-electron chi connectivity index (χ0n) is 16.6. The van der Waals surface area contributed by atoms with Crippen molar-refractivity contribution in [2.45, 2.75) is 51.7 Å². The number of halogens is 1. The highest BCUT2D eigenvalue weighted by Gasteiger charge is 2.33. The third-order valence-electron chi connectivity index (χ3n) is 5.68. The van der Waals surface area contributed by atoms with Crippen molar-refractivity contribution in [1.29, 1.82) is 0 Å². The molecule has 1 heterocycles. The van der Waals surface area contributed by atoms with E-state index in [1.807, 2.05) is 12.1 Å². The number of nitrogens with one attached hydrogen (secondary N) is 1. The maximum atomic E-state index is 5.97. The van der Waals surface area contributed by atoms with E-state index in [9.17, 15) is 0 Å². The third-order valence-corrected chi connectivity index (χ3v) is 5.93. The Labute approximate surface area is 169 Å². The molecule has 0 bridgehead atoms. The molecule has 146 valence electrons. The highest BCUT2D eigenvalue weighted by molar-refractivity contribution is 6.30. The smallest absolute Gasteiger partial charge is 0.0629 e. The SMILES string of the molecule is CC1(C)CC(C(CCNCc2ccc(Cl)cc2)Cc2ccccc2)CCO1. The van der Waals surface area contributed by atoms with Crippen molar-refractivity contribution in [3.8, 4) is 0 Å². The van der Waals surface area contributed by atoms with Gasteiger partial charge in [-0.2, -0.15) is 0 Å². The standard InChI is InChI=1S/C24H32ClNO/c1-24(2)17-22(13-15-27-24)21(16-19-6-4-3-5-7-19)12-14-26-18-20-8-10-23(25)11-9-20/h3-11,21-22,26H,12-18H2,1-2H3. The Morgan fingerprint density at radius 2 is 1.81 bits per heavy atom. The van der Waals surface area contributed by atoms with Gasteiger partial charge in [-0.05, 0) is 81.2 Å². The first kappa shape index (κ1) is 20.4. The molecular formula is C24H32ClNO.